The minimum atomic E-state index is -1.95. The number of carbonyl (C=O) groups is 2. The van der Waals surface area contributed by atoms with Crippen molar-refractivity contribution in [3.05, 3.63) is 148 Å². The number of ether oxygens (including phenoxy) is 6. The number of methoxy groups -OCH3 is 2. The lowest BCUT2D eigenvalue weighted by Crippen LogP contribution is -2.65. The molecule has 2 heterocycles. The molecule has 7 rings (SSSR count). The summed E-state index contributed by atoms with van der Waals surface area (Å²) in [6.45, 7) is 1.38. The average Bonchev–Trinajstić information content (AvgIpc) is 3.70. The van der Waals surface area contributed by atoms with E-state index in [2.05, 4.69) is 0 Å². The minimum absolute atomic E-state index is 0.0213. The fourth-order valence-electron chi connectivity index (χ4n) is 7.26. The highest BCUT2D eigenvalue weighted by molar-refractivity contribution is 6.33. The first kappa shape index (κ1) is 37.1. The summed E-state index contributed by atoms with van der Waals surface area (Å²) in [6, 6.07) is 34.4. The molecule has 2 aliphatic heterocycles. The van der Waals surface area contributed by atoms with Gasteiger partial charge in [-0.2, -0.15) is 0 Å². The molecule has 2 atom stereocenters. The van der Waals surface area contributed by atoms with Crippen molar-refractivity contribution in [3.8, 4) is 28.7 Å². The van der Waals surface area contributed by atoms with Crippen LogP contribution in [0.25, 0.3) is 0 Å². The molecule has 278 valence electrons. The van der Waals surface area contributed by atoms with Crippen molar-refractivity contribution in [1.82, 2.24) is 9.80 Å². The maximum Gasteiger partial charge on any atom is 0.251 e. The van der Waals surface area contributed by atoms with Crippen molar-refractivity contribution in [3.63, 3.8) is 0 Å². The zero-order valence-corrected chi connectivity index (χ0v) is 31.4. The van der Waals surface area contributed by atoms with Crippen molar-refractivity contribution in [2.45, 2.75) is 31.5 Å². The minimum Gasteiger partial charge on any atom is -0.496 e. The van der Waals surface area contributed by atoms with Gasteiger partial charge in [0, 0.05) is 16.6 Å². The van der Waals surface area contributed by atoms with Crippen LogP contribution in [0, 0.1) is 0 Å². The van der Waals surface area contributed by atoms with Gasteiger partial charge in [-0.05, 0) is 78.7 Å². The molecule has 0 radical (unpaired) electrons. The zero-order valence-electron chi connectivity index (χ0n) is 29.9. The normalized spacial score (nSPS) is 19.6. The standard InChI is InChI=1S/C42H38Cl2N2O8/c1-4-51-35-14-9-8-13-33(35)41(46(39(48)26-52-41)25-29-23-30(43)19-22-34(29)44)42(40-36(49-2)15-10-16-37(40)50-3)45(38(47)27-53-42)24-28-17-20-32(21-18-28)54-31-11-6-5-7-12-31/h5-23H,4,24-27H2,1-3H3. The van der Waals surface area contributed by atoms with Crippen LogP contribution >= 0.6 is 23.2 Å². The summed E-state index contributed by atoms with van der Waals surface area (Å²) in [5, 5.41) is 0.810. The molecule has 2 aliphatic rings. The van der Waals surface area contributed by atoms with Crippen LogP contribution in [0.4, 0.5) is 0 Å². The van der Waals surface area contributed by atoms with Gasteiger partial charge < -0.3 is 28.4 Å². The van der Waals surface area contributed by atoms with Crippen LogP contribution in [-0.2, 0) is 43.6 Å². The molecule has 12 heteroatoms. The van der Waals surface area contributed by atoms with Crippen LogP contribution in [0.1, 0.15) is 29.2 Å². The van der Waals surface area contributed by atoms with E-state index in [1.54, 1.807) is 53.4 Å². The molecular weight excluding hydrogens is 731 g/mol. The number of carbonyl (C=O) groups excluding carboxylic acids is 2. The SMILES string of the molecule is CCOc1ccccc1C1(C2(c3c(OC)cccc3OC)OCC(=O)N2Cc2ccc(Oc3ccccc3)cc2)OCC(=O)N1Cc1cc(Cl)ccc1Cl. The van der Waals surface area contributed by atoms with Crippen molar-refractivity contribution in [2.24, 2.45) is 0 Å². The summed E-state index contributed by atoms with van der Waals surface area (Å²) in [4.78, 5) is 32.1. The first-order valence-corrected chi connectivity index (χ1v) is 18.1. The molecule has 5 aromatic carbocycles. The lowest BCUT2D eigenvalue weighted by Gasteiger charge is -2.52. The quantitative estimate of drug-likeness (QED) is 0.118. The molecule has 2 amide bonds. The van der Waals surface area contributed by atoms with E-state index < -0.39 is 17.4 Å². The number of benzene rings is 5. The Morgan fingerprint density at radius 2 is 1.26 bits per heavy atom. The lowest BCUT2D eigenvalue weighted by atomic mass is 9.81. The number of hydrogen-bond acceptors (Lipinski definition) is 8. The Hall–Kier alpha value is -5.26. The third-order valence-electron chi connectivity index (χ3n) is 9.53. The molecule has 2 fully saturated rings. The molecule has 0 aliphatic carbocycles. The lowest BCUT2D eigenvalue weighted by molar-refractivity contribution is -0.286. The second kappa shape index (κ2) is 15.6. The highest BCUT2D eigenvalue weighted by atomic mass is 35.5. The summed E-state index contributed by atoms with van der Waals surface area (Å²) in [5.74, 6) is 1.61. The molecule has 0 spiro atoms. The number of para-hydroxylation sites is 2. The van der Waals surface area contributed by atoms with E-state index in [-0.39, 0.29) is 32.2 Å². The average molecular weight is 770 g/mol. The van der Waals surface area contributed by atoms with Crippen LogP contribution in [0.3, 0.4) is 0 Å². The first-order valence-electron chi connectivity index (χ1n) is 17.3. The Morgan fingerprint density at radius 1 is 0.667 bits per heavy atom. The monoisotopic (exact) mass is 768 g/mol. The number of halogens is 2. The summed E-state index contributed by atoms with van der Waals surface area (Å²) >= 11 is 13.2. The zero-order chi connectivity index (χ0) is 37.9. The summed E-state index contributed by atoms with van der Waals surface area (Å²) in [5.41, 5.74) is -1.83. The number of nitrogens with zero attached hydrogens (tertiary/aromatic N) is 2. The van der Waals surface area contributed by atoms with E-state index in [0.717, 1.165) is 5.56 Å². The molecule has 0 aromatic heterocycles. The van der Waals surface area contributed by atoms with Gasteiger partial charge in [-0.3, -0.25) is 19.4 Å². The second-order valence-electron chi connectivity index (χ2n) is 12.6. The van der Waals surface area contributed by atoms with Crippen LogP contribution in [0.2, 0.25) is 10.0 Å². The predicted octanol–water partition coefficient (Wildman–Crippen LogP) is 8.33. The van der Waals surface area contributed by atoms with Crippen molar-refractivity contribution in [1.29, 1.82) is 0 Å². The van der Waals surface area contributed by atoms with Crippen molar-refractivity contribution in [2.75, 3.05) is 34.0 Å². The van der Waals surface area contributed by atoms with Gasteiger partial charge in [0.25, 0.3) is 11.8 Å². The van der Waals surface area contributed by atoms with Gasteiger partial charge in [0.15, 0.2) is 0 Å². The largest absolute Gasteiger partial charge is 0.496 e. The number of hydrogen-bond donors (Lipinski definition) is 0. The van der Waals surface area contributed by atoms with Gasteiger partial charge in [0.1, 0.15) is 42.0 Å². The van der Waals surface area contributed by atoms with Crippen molar-refractivity contribution < 1.29 is 38.0 Å². The predicted molar refractivity (Wildman–Crippen MR) is 203 cm³/mol. The number of amides is 2. The number of rotatable bonds is 13. The Kier molecular flexibility index (Phi) is 10.7. The molecule has 0 bridgehead atoms. The maximum absolute atomic E-state index is 14.5. The van der Waals surface area contributed by atoms with E-state index in [1.165, 1.54) is 19.1 Å². The fraction of sp³-hybridized carbons (Fsp3) is 0.238. The fourth-order valence-corrected chi connectivity index (χ4v) is 7.63. The van der Waals surface area contributed by atoms with E-state index in [4.69, 9.17) is 51.6 Å². The molecule has 2 saturated heterocycles. The maximum atomic E-state index is 14.5. The molecule has 0 N–H and O–H groups in total. The summed E-state index contributed by atoms with van der Waals surface area (Å²) in [7, 11) is 3.03. The smallest absolute Gasteiger partial charge is 0.251 e. The van der Waals surface area contributed by atoms with Crippen molar-refractivity contribution >= 4 is 35.0 Å². The first-order chi connectivity index (χ1) is 26.2. The highest BCUT2D eigenvalue weighted by Crippen LogP contribution is 2.61. The third kappa shape index (κ3) is 6.49. The topological polar surface area (TPSA) is 96.0 Å². The van der Waals surface area contributed by atoms with Gasteiger partial charge >= 0.3 is 0 Å². The summed E-state index contributed by atoms with van der Waals surface area (Å²) in [6.07, 6.45) is 0. The highest BCUT2D eigenvalue weighted by Gasteiger charge is 2.72. The Morgan fingerprint density at radius 3 is 1.93 bits per heavy atom. The molecule has 54 heavy (non-hydrogen) atoms. The van der Waals surface area contributed by atoms with Gasteiger partial charge in [-0.15, -0.1) is 0 Å². The molecule has 5 aromatic rings. The van der Waals surface area contributed by atoms with Gasteiger partial charge in [0.2, 0.25) is 11.4 Å². The van der Waals surface area contributed by atoms with E-state index in [0.29, 0.717) is 62.1 Å². The molecule has 10 nitrogen and oxygen atoms in total. The van der Waals surface area contributed by atoms with Gasteiger partial charge in [0.05, 0.1) is 38.5 Å². The Labute approximate surface area is 323 Å². The van der Waals surface area contributed by atoms with E-state index in [1.807, 2.05) is 73.7 Å². The van der Waals surface area contributed by atoms with E-state index >= 15 is 0 Å². The van der Waals surface area contributed by atoms with Crippen LogP contribution in [-0.4, -0.2) is 55.7 Å². The molecular formula is C42H38Cl2N2O8. The molecule has 2 unspecified atom stereocenters. The van der Waals surface area contributed by atoms with E-state index in [9.17, 15) is 9.59 Å². The molecule has 0 saturated carbocycles. The van der Waals surface area contributed by atoms with Crippen LogP contribution in [0.15, 0.2) is 115 Å². The van der Waals surface area contributed by atoms with Gasteiger partial charge in [-0.1, -0.05) is 77.8 Å². The Bertz CT molecular complexity index is 2130. The Balaban J connectivity index is 1.49. The second-order valence-corrected chi connectivity index (χ2v) is 13.4. The third-order valence-corrected chi connectivity index (χ3v) is 10.1. The van der Waals surface area contributed by atoms with Crippen LogP contribution in [0.5, 0.6) is 28.7 Å². The van der Waals surface area contributed by atoms with Gasteiger partial charge in [-0.25, -0.2) is 0 Å². The van der Waals surface area contributed by atoms with Crippen LogP contribution < -0.4 is 18.9 Å². The summed E-state index contributed by atoms with van der Waals surface area (Å²) < 4.78 is 38.1.